The third-order valence-electron chi connectivity index (χ3n) is 3.54. The molecule has 0 spiro atoms. The van der Waals surface area contributed by atoms with Gasteiger partial charge in [-0.05, 0) is 26.0 Å². The van der Waals surface area contributed by atoms with Crippen molar-refractivity contribution in [2.45, 2.75) is 23.6 Å². The van der Waals surface area contributed by atoms with Gasteiger partial charge in [0.1, 0.15) is 0 Å². The van der Waals surface area contributed by atoms with Gasteiger partial charge < -0.3 is 10.2 Å². The summed E-state index contributed by atoms with van der Waals surface area (Å²) in [5.74, 6) is -2.56. The Morgan fingerprint density at radius 2 is 1.15 bits per heavy atom. The van der Waals surface area contributed by atoms with E-state index in [1.54, 1.807) is 0 Å². The summed E-state index contributed by atoms with van der Waals surface area (Å²) < 4.78 is 0. The third kappa shape index (κ3) is 4.03. The van der Waals surface area contributed by atoms with E-state index in [1.165, 1.54) is 13.8 Å². The number of nitro benzene ring substituents is 2. The number of Topliss-reactive ketones (excluding diaryl/α,β-unsaturated/α-hetero) is 2. The minimum absolute atomic E-state index is 0.0706. The van der Waals surface area contributed by atoms with Crippen LogP contribution >= 0.6 is 11.8 Å². The number of nitro groups is 2. The number of hydrogen-bond donors (Lipinski definition) is 2. The van der Waals surface area contributed by atoms with Gasteiger partial charge in [0.25, 0.3) is 0 Å². The maximum Gasteiger partial charge on any atom is 0.312 e. The molecule has 0 saturated carbocycles. The first kappa shape index (κ1) is 19.8. The Labute approximate surface area is 155 Å². The highest BCUT2D eigenvalue weighted by Gasteiger charge is 2.25. The largest absolute Gasteiger partial charge is 0.501 e. The fourth-order valence-electron chi connectivity index (χ4n) is 2.15. The molecule has 10 nitrogen and oxygen atoms in total. The molecular weight excluding hydrogens is 380 g/mol. The summed E-state index contributed by atoms with van der Waals surface area (Å²) >= 11 is 0.554. The number of nitrogens with zero attached hydrogens (tertiary/aromatic N) is 2. The van der Waals surface area contributed by atoms with E-state index in [0.29, 0.717) is 11.8 Å². The minimum atomic E-state index is -0.889. The Kier molecular flexibility index (Phi) is 5.45. The van der Waals surface area contributed by atoms with E-state index in [1.807, 2.05) is 0 Å². The molecule has 0 aliphatic carbocycles. The van der Waals surface area contributed by atoms with Crippen molar-refractivity contribution in [3.63, 3.8) is 0 Å². The zero-order valence-electron chi connectivity index (χ0n) is 14.0. The third-order valence-corrected chi connectivity index (χ3v) is 4.60. The molecule has 0 aliphatic rings. The first-order valence-corrected chi connectivity index (χ1v) is 8.07. The second-order valence-corrected chi connectivity index (χ2v) is 6.50. The lowest BCUT2D eigenvalue weighted by molar-refractivity contribution is -0.386. The molecule has 0 saturated heterocycles. The average molecular weight is 392 g/mol. The lowest BCUT2D eigenvalue weighted by atomic mass is 10.1. The Hall–Kier alpha value is -3.47. The van der Waals surface area contributed by atoms with Crippen molar-refractivity contribution in [3.05, 3.63) is 55.6 Å². The van der Waals surface area contributed by atoms with Crippen molar-refractivity contribution in [1.29, 1.82) is 0 Å². The van der Waals surface area contributed by atoms with E-state index in [2.05, 4.69) is 0 Å². The van der Waals surface area contributed by atoms with Crippen molar-refractivity contribution in [2.75, 3.05) is 0 Å². The van der Waals surface area contributed by atoms with E-state index in [4.69, 9.17) is 0 Å². The van der Waals surface area contributed by atoms with E-state index in [9.17, 15) is 40.0 Å². The number of phenols is 2. The number of hydrogen-bond acceptors (Lipinski definition) is 9. The molecule has 0 atom stereocenters. The lowest BCUT2D eigenvalue weighted by Crippen LogP contribution is -1.99. The van der Waals surface area contributed by atoms with E-state index in [-0.39, 0.29) is 20.9 Å². The van der Waals surface area contributed by atoms with Crippen LogP contribution in [0.2, 0.25) is 0 Å². The molecular formula is C16H12N2O8S. The summed E-state index contributed by atoms with van der Waals surface area (Å²) in [5.41, 5.74) is -1.61. The summed E-state index contributed by atoms with van der Waals surface area (Å²) in [7, 11) is 0. The van der Waals surface area contributed by atoms with Gasteiger partial charge in [-0.25, -0.2) is 0 Å². The quantitative estimate of drug-likeness (QED) is 0.426. The van der Waals surface area contributed by atoms with Crippen LogP contribution < -0.4 is 0 Å². The van der Waals surface area contributed by atoms with Crippen molar-refractivity contribution in [2.24, 2.45) is 0 Å². The Morgan fingerprint density at radius 3 is 1.41 bits per heavy atom. The first-order valence-electron chi connectivity index (χ1n) is 7.25. The summed E-state index contributed by atoms with van der Waals surface area (Å²) in [6.45, 7) is 2.34. The van der Waals surface area contributed by atoms with Crippen LogP contribution in [0.3, 0.4) is 0 Å². The van der Waals surface area contributed by atoms with E-state index in [0.717, 1.165) is 24.3 Å². The van der Waals surface area contributed by atoms with Crippen LogP contribution in [0, 0.1) is 20.2 Å². The zero-order chi connectivity index (χ0) is 20.5. The van der Waals surface area contributed by atoms with Crippen LogP contribution in [-0.4, -0.2) is 31.6 Å². The van der Waals surface area contributed by atoms with Gasteiger partial charge in [0.05, 0.1) is 19.6 Å². The molecule has 11 heteroatoms. The first-order chi connectivity index (χ1) is 12.5. The topological polar surface area (TPSA) is 161 Å². The molecule has 2 aromatic rings. The molecule has 2 N–H and O–H groups in total. The number of aromatic hydroxyl groups is 2. The van der Waals surface area contributed by atoms with Crippen LogP contribution in [0.15, 0.2) is 34.1 Å². The number of phenolic OH excluding ortho intramolecular Hbond substituents is 2. The number of ketones is 2. The van der Waals surface area contributed by atoms with Crippen molar-refractivity contribution < 1.29 is 29.6 Å². The van der Waals surface area contributed by atoms with Crippen LogP contribution in [0.25, 0.3) is 0 Å². The molecule has 140 valence electrons. The lowest BCUT2D eigenvalue weighted by Gasteiger charge is -2.10. The molecule has 0 amide bonds. The minimum Gasteiger partial charge on any atom is -0.501 e. The van der Waals surface area contributed by atoms with Gasteiger partial charge in [-0.3, -0.25) is 29.8 Å². The van der Waals surface area contributed by atoms with Gasteiger partial charge in [0.15, 0.2) is 11.6 Å². The number of rotatable bonds is 6. The molecule has 0 aromatic heterocycles. The number of benzene rings is 2. The van der Waals surface area contributed by atoms with E-state index >= 15 is 0 Å². The molecule has 0 radical (unpaired) electrons. The van der Waals surface area contributed by atoms with Crippen LogP contribution in [0.5, 0.6) is 11.5 Å². The molecule has 2 aromatic carbocycles. The summed E-state index contributed by atoms with van der Waals surface area (Å²) in [4.78, 5) is 43.2. The van der Waals surface area contributed by atoms with Gasteiger partial charge in [-0.15, -0.1) is 0 Å². The Bertz CT molecular complexity index is 923. The van der Waals surface area contributed by atoms with Crippen molar-refractivity contribution in [3.8, 4) is 11.5 Å². The zero-order valence-corrected chi connectivity index (χ0v) is 14.8. The Morgan fingerprint density at radius 1 is 0.815 bits per heavy atom. The van der Waals surface area contributed by atoms with Crippen LogP contribution in [0.1, 0.15) is 34.6 Å². The SMILES string of the molecule is CC(=O)c1cc(Sc2cc(C(C)=O)cc([N+](=O)[O-])c2O)c(O)c([N+](=O)[O-])c1. The van der Waals surface area contributed by atoms with Crippen LogP contribution in [-0.2, 0) is 0 Å². The molecule has 27 heavy (non-hydrogen) atoms. The highest BCUT2D eigenvalue weighted by Crippen LogP contribution is 2.46. The Balaban J connectivity index is 2.69. The van der Waals surface area contributed by atoms with Crippen molar-refractivity contribution >= 4 is 34.7 Å². The highest BCUT2D eigenvalue weighted by molar-refractivity contribution is 7.99. The van der Waals surface area contributed by atoms with Gasteiger partial charge in [0, 0.05) is 23.3 Å². The van der Waals surface area contributed by atoms with Crippen molar-refractivity contribution in [1.82, 2.24) is 0 Å². The van der Waals surface area contributed by atoms with E-state index < -0.39 is 44.3 Å². The highest BCUT2D eigenvalue weighted by atomic mass is 32.2. The predicted octanol–water partition coefficient (Wildman–Crippen LogP) is 3.47. The predicted molar refractivity (Wildman–Crippen MR) is 93.7 cm³/mol. The fourth-order valence-corrected chi connectivity index (χ4v) is 3.16. The number of carbonyl (C=O) groups excluding carboxylic acids is 2. The maximum absolute atomic E-state index is 11.6. The summed E-state index contributed by atoms with van der Waals surface area (Å²) in [6, 6.07) is 4.11. The maximum atomic E-state index is 11.6. The van der Waals surface area contributed by atoms with Crippen LogP contribution in [0.4, 0.5) is 11.4 Å². The molecule has 0 bridgehead atoms. The average Bonchev–Trinajstić information content (AvgIpc) is 2.57. The molecule has 0 unspecified atom stereocenters. The molecule has 0 heterocycles. The van der Waals surface area contributed by atoms with Gasteiger partial charge in [-0.2, -0.15) is 0 Å². The molecule has 0 fully saturated rings. The second kappa shape index (κ2) is 7.41. The monoisotopic (exact) mass is 392 g/mol. The molecule has 0 aliphatic heterocycles. The smallest absolute Gasteiger partial charge is 0.312 e. The summed E-state index contributed by atoms with van der Waals surface area (Å²) in [5, 5.41) is 42.4. The fraction of sp³-hybridized carbons (Fsp3) is 0.125. The standard InChI is InChI=1S/C16H12N2O8S/c1-7(19)9-3-11(17(23)24)15(21)13(5-9)27-14-6-10(8(2)20)4-12(16(14)22)18(25)26/h3-6,21-22H,1-2H3. The summed E-state index contributed by atoms with van der Waals surface area (Å²) in [6.07, 6.45) is 0. The van der Waals surface area contributed by atoms with Gasteiger partial charge in [0.2, 0.25) is 11.5 Å². The number of carbonyl (C=O) groups is 2. The van der Waals surface area contributed by atoms with Gasteiger partial charge in [-0.1, -0.05) is 11.8 Å². The molecule has 2 rings (SSSR count). The second-order valence-electron chi connectivity index (χ2n) is 5.41. The normalized spacial score (nSPS) is 10.4. The van der Waals surface area contributed by atoms with Gasteiger partial charge >= 0.3 is 11.4 Å².